The van der Waals surface area contributed by atoms with Crippen molar-refractivity contribution in [1.82, 2.24) is 4.90 Å². The van der Waals surface area contributed by atoms with Crippen molar-refractivity contribution in [1.29, 1.82) is 0 Å². The summed E-state index contributed by atoms with van der Waals surface area (Å²) in [5.74, 6) is 1.03. The molecule has 0 radical (unpaired) electrons. The van der Waals surface area contributed by atoms with Crippen molar-refractivity contribution >= 4 is 19.2 Å². The maximum Gasteiger partial charge on any atom is 0.131 e. The molecule has 39 heavy (non-hydrogen) atoms. The molecular formula is C36H36NOP. The Labute approximate surface area is 235 Å². The second-order valence-electron chi connectivity index (χ2n) is 10.3. The number of benzene rings is 5. The molecule has 0 saturated heterocycles. The molecule has 3 heteroatoms. The van der Waals surface area contributed by atoms with E-state index < -0.39 is 0 Å². The highest BCUT2D eigenvalue weighted by Gasteiger charge is 2.16. The van der Waals surface area contributed by atoms with Gasteiger partial charge in [-0.25, -0.2) is 0 Å². The van der Waals surface area contributed by atoms with Crippen molar-refractivity contribution in [2.45, 2.75) is 26.0 Å². The minimum atomic E-state index is 0.504. The summed E-state index contributed by atoms with van der Waals surface area (Å²) >= 11 is 0. The number of hydrogen-bond acceptors (Lipinski definition) is 2. The molecule has 0 aliphatic carbocycles. The Hall–Kier alpha value is -3.71. The SMILES string of the molecule is CN(C)Cc1ccccc1Pc1cc(Cc2ccccc2)cc(Cc2ccccc2)c1OCc1ccccc1. The highest BCUT2D eigenvalue weighted by molar-refractivity contribution is 7.55. The van der Waals surface area contributed by atoms with Crippen LogP contribution in [-0.2, 0) is 26.0 Å². The van der Waals surface area contributed by atoms with Crippen LogP contribution in [0, 0.1) is 0 Å². The Morgan fingerprint density at radius 3 is 1.74 bits per heavy atom. The number of nitrogens with zero attached hydrogens (tertiary/aromatic N) is 1. The first-order valence-corrected chi connectivity index (χ1v) is 14.5. The second-order valence-corrected chi connectivity index (χ2v) is 11.6. The molecule has 0 aliphatic heterocycles. The summed E-state index contributed by atoms with van der Waals surface area (Å²) in [5, 5.41) is 2.65. The molecule has 0 bridgehead atoms. The van der Waals surface area contributed by atoms with Gasteiger partial charge in [-0.15, -0.1) is 0 Å². The van der Waals surface area contributed by atoms with Crippen LogP contribution >= 0.6 is 8.58 Å². The van der Waals surface area contributed by atoms with Crippen LogP contribution in [-0.4, -0.2) is 19.0 Å². The van der Waals surface area contributed by atoms with Gasteiger partial charge in [-0.05, 0) is 65.3 Å². The standard InChI is InChI=1S/C36H36NOP/c1-37(2)26-32-20-12-13-21-34(32)39-35-25-31(22-28-14-6-3-7-15-28)24-33(23-29-16-8-4-9-17-29)36(35)38-27-30-18-10-5-11-19-30/h3-21,24-25,39H,22-23,26-27H2,1-2H3. The van der Waals surface area contributed by atoms with Crippen LogP contribution in [0.15, 0.2) is 127 Å². The molecule has 0 amide bonds. The van der Waals surface area contributed by atoms with E-state index in [9.17, 15) is 0 Å². The van der Waals surface area contributed by atoms with Crippen molar-refractivity contribution in [2.75, 3.05) is 14.1 Å². The van der Waals surface area contributed by atoms with Gasteiger partial charge in [0.25, 0.3) is 0 Å². The lowest BCUT2D eigenvalue weighted by Crippen LogP contribution is -2.19. The third kappa shape index (κ3) is 7.67. The second kappa shape index (κ2) is 13.4. The van der Waals surface area contributed by atoms with Gasteiger partial charge in [0.1, 0.15) is 12.4 Å². The van der Waals surface area contributed by atoms with Gasteiger partial charge in [0.05, 0.1) is 0 Å². The van der Waals surface area contributed by atoms with E-state index in [4.69, 9.17) is 4.74 Å². The lowest BCUT2D eigenvalue weighted by Gasteiger charge is -2.20. The molecule has 5 aromatic rings. The molecule has 1 atom stereocenters. The fourth-order valence-corrected chi connectivity index (χ4v) is 6.29. The molecule has 0 aliphatic rings. The molecule has 0 aromatic heterocycles. The molecule has 0 heterocycles. The van der Waals surface area contributed by atoms with Gasteiger partial charge < -0.3 is 9.64 Å². The summed E-state index contributed by atoms with van der Waals surface area (Å²) < 4.78 is 6.72. The first kappa shape index (κ1) is 26.9. The van der Waals surface area contributed by atoms with Gasteiger partial charge in [0.2, 0.25) is 0 Å². The first-order chi connectivity index (χ1) is 19.1. The van der Waals surface area contributed by atoms with Crippen LogP contribution in [0.5, 0.6) is 5.75 Å². The van der Waals surface area contributed by atoms with E-state index in [0.29, 0.717) is 15.2 Å². The largest absolute Gasteiger partial charge is 0.488 e. The molecule has 1 unspecified atom stereocenters. The Balaban J connectivity index is 1.59. The lowest BCUT2D eigenvalue weighted by atomic mass is 9.98. The van der Waals surface area contributed by atoms with E-state index >= 15 is 0 Å². The summed E-state index contributed by atoms with van der Waals surface area (Å²) in [6.45, 7) is 1.47. The number of ether oxygens (including phenoxy) is 1. The quantitative estimate of drug-likeness (QED) is 0.169. The zero-order valence-electron chi connectivity index (χ0n) is 22.8. The molecule has 0 fully saturated rings. The molecule has 2 nitrogen and oxygen atoms in total. The minimum absolute atomic E-state index is 0.504. The van der Waals surface area contributed by atoms with Crippen LogP contribution in [0.2, 0.25) is 0 Å². The minimum Gasteiger partial charge on any atom is -0.488 e. The van der Waals surface area contributed by atoms with Gasteiger partial charge in [0, 0.05) is 18.3 Å². The van der Waals surface area contributed by atoms with E-state index in [1.54, 1.807) is 0 Å². The maximum atomic E-state index is 6.72. The molecule has 0 spiro atoms. The predicted octanol–water partition coefficient (Wildman–Crippen LogP) is 7.14. The average Bonchev–Trinajstić information content (AvgIpc) is 2.95. The van der Waals surface area contributed by atoms with Gasteiger partial charge in [-0.3, -0.25) is 0 Å². The van der Waals surface area contributed by atoms with Crippen LogP contribution in [0.25, 0.3) is 0 Å². The fourth-order valence-electron chi connectivity index (χ4n) is 4.89. The highest BCUT2D eigenvalue weighted by Crippen LogP contribution is 2.30. The Morgan fingerprint density at radius 1 is 0.538 bits per heavy atom. The Bertz CT molecular complexity index is 1470. The molecule has 5 rings (SSSR count). The summed E-state index contributed by atoms with van der Waals surface area (Å²) in [4.78, 5) is 2.24. The van der Waals surface area contributed by atoms with E-state index in [-0.39, 0.29) is 0 Å². The lowest BCUT2D eigenvalue weighted by molar-refractivity contribution is 0.306. The molecule has 0 saturated carbocycles. The average molecular weight is 530 g/mol. The van der Waals surface area contributed by atoms with Crippen molar-refractivity contribution in [3.05, 3.63) is 161 Å². The van der Waals surface area contributed by atoms with E-state index in [2.05, 4.69) is 146 Å². The summed E-state index contributed by atoms with van der Waals surface area (Å²) in [6, 6.07) is 45.5. The summed E-state index contributed by atoms with van der Waals surface area (Å²) in [5.41, 5.74) is 7.74. The van der Waals surface area contributed by atoms with E-state index in [1.165, 1.54) is 44.0 Å². The normalized spacial score (nSPS) is 11.4. The maximum absolute atomic E-state index is 6.72. The van der Waals surface area contributed by atoms with Gasteiger partial charge in [-0.1, -0.05) is 130 Å². The van der Waals surface area contributed by atoms with Crippen molar-refractivity contribution in [3.63, 3.8) is 0 Å². The first-order valence-electron chi connectivity index (χ1n) is 13.5. The van der Waals surface area contributed by atoms with Crippen LogP contribution < -0.4 is 15.3 Å². The van der Waals surface area contributed by atoms with Gasteiger partial charge in [0.15, 0.2) is 0 Å². The van der Waals surface area contributed by atoms with Crippen molar-refractivity contribution in [3.8, 4) is 5.75 Å². The van der Waals surface area contributed by atoms with Crippen LogP contribution in [0.3, 0.4) is 0 Å². The van der Waals surface area contributed by atoms with E-state index in [0.717, 1.165) is 25.1 Å². The smallest absolute Gasteiger partial charge is 0.131 e. The third-order valence-corrected chi connectivity index (χ3v) is 8.11. The zero-order chi connectivity index (χ0) is 26.9. The third-order valence-electron chi connectivity index (χ3n) is 6.71. The van der Waals surface area contributed by atoms with Gasteiger partial charge >= 0.3 is 0 Å². The van der Waals surface area contributed by atoms with Crippen molar-refractivity contribution in [2.24, 2.45) is 0 Å². The highest BCUT2D eigenvalue weighted by atomic mass is 31.1. The molecule has 5 aromatic carbocycles. The van der Waals surface area contributed by atoms with Crippen LogP contribution in [0.1, 0.15) is 33.4 Å². The number of rotatable bonds is 11. The molecular weight excluding hydrogens is 493 g/mol. The summed E-state index contributed by atoms with van der Waals surface area (Å²) in [6.07, 6.45) is 1.74. The van der Waals surface area contributed by atoms with Crippen LogP contribution in [0.4, 0.5) is 0 Å². The number of hydrogen-bond donors (Lipinski definition) is 0. The molecule has 196 valence electrons. The topological polar surface area (TPSA) is 12.5 Å². The fraction of sp³-hybridized carbons (Fsp3) is 0.167. The summed E-state index contributed by atoms with van der Waals surface area (Å²) in [7, 11) is 4.77. The Morgan fingerprint density at radius 2 is 1.10 bits per heavy atom. The van der Waals surface area contributed by atoms with E-state index in [1.807, 2.05) is 0 Å². The van der Waals surface area contributed by atoms with Crippen molar-refractivity contribution < 1.29 is 4.74 Å². The Kier molecular flexibility index (Phi) is 9.22. The monoisotopic (exact) mass is 529 g/mol. The van der Waals surface area contributed by atoms with Gasteiger partial charge in [-0.2, -0.15) is 0 Å². The zero-order valence-corrected chi connectivity index (χ0v) is 23.8. The molecule has 0 N–H and O–H groups in total. The predicted molar refractivity (Wildman–Crippen MR) is 167 cm³/mol.